The lowest BCUT2D eigenvalue weighted by molar-refractivity contribution is -0.129. The summed E-state index contributed by atoms with van der Waals surface area (Å²) in [6, 6.07) is 7.89. The van der Waals surface area contributed by atoms with E-state index in [0.717, 1.165) is 72.7 Å². The predicted octanol–water partition coefficient (Wildman–Crippen LogP) is 4.22. The van der Waals surface area contributed by atoms with E-state index in [1.54, 1.807) is 35.5 Å². The Morgan fingerprint density at radius 1 is 0.784 bits per heavy atom. The van der Waals surface area contributed by atoms with Crippen LogP contribution in [0.4, 0.5) is 0 Å². The van der Waals surface area contributed by atoms with Crippen molar-refractivity contribution < 1.29 is 28.5 Å². The molecule has 4 rings (SSSR count). The standard InChI is InChI=1S/C28H36N2O6.ClH/c1-32-23-10-9-20-17-21(7-6-8-22(20)26(23)35-4)28(31)30-13-11-29(12-14-30)18-19-15-24(33-2)27(36-5)25(16-19)34-3;/h9-10,15-17H,6-8,11-14,18H2,1-5H3;1H. The van der Waals surface area contributed by atoms with E-state index in [4.69, 9.17) is 23.7 Å². The number of piperazine rings is 1. The van der Waals surface area contributed by atoms with Gasteiger partial charge in [-0.1, -0.05) is 6.07 Å². The first-order valence-electron chi connectivity index (χ1n) is 12.3. The topological polar surface area (TPSA) is 69.7 Å². The van der Waals surface area contributed by atoms with E-state index in [2.05, 4.69) is 4.90 Å². The average molecular weight is 533 g/mol. The van der Waals surface area contributed by atoms with E-state index in [1.165, 1.54) is 0 Å². The minimum absolute atomic E-state index is 0. The Bertz CT molecular complexity index is 1100. The molecule has 0 atom stereocenters. The molecule has 0 aromatic heterocycles. The average Bonchev–Trinajstić information content (AvgIpc) is 3.14. The molecule has 8 nitrogen and oxygen atoms in total. The van der Waals surface area contributed by atoms with Crippen molar-refractivity contribution in [3.8, 4) is 28.7 Å². The number of amides is 1. The molecule has 0 radical (unpaired) electrons. The van der Waals surface area contributed by atoms with Gasteiger partial charge in [-0.15, -0.1) is 12.4 Å². The summed E-state index contributed by atoms with van der Waals surface area (Å²) in [7, 11) is 8.16. The number of halogens is 1. The smallest absolute Gasteiger partial charge is 0.249 e. The van der Waals surface area contributed by atoms with Crippen LogP contribution in [-0.4, -0.2) is 77.4 Å². The molecule has 37 heavy (non-hydrogen) atoms. The highest BCUT2D eigenvalue weighted by Gasteiger charge is 2.26. The number of rotatable bonds is 8. The van der Waals surface area contributed by atoms with Gasteiger partial charge in [-0.3, -0.25) is 9.69 Å². The van der Waals surface area contributed by atoms with E-state index >= 15 is 0 Å². The number of carbonyl (C=O) groups excluding carboxylic acids is 1. The van der Waals surface area contributed by atoms with Gasteiger partial charge in [0.2, 0.25) is 11.7 Å². The lowest BCUT2D eigenvalue weighted by atomic mass is 10.0. The first kappa shape index (κ1) is 28.5. The molecule has 1 heterocycles. The summed E-state index contributed by atoms with van der Waals surface area (Å²) in [5, 5.41) is 0. The summed E-state index contributed by atoms with van der Waals surface area (Å²) < 4.78 is 27.5. The van der Waals surface area contributed by atoms with Gasteiger partial charge < -0.3 is 28.6 Å². The van der Waals surface area contributed by atoms with Gasteiger partial charge in [0, 0.05) is 43.9 Å². The Labute approximate surface area is 225 Å². The fraction of sp³-hybridized carbons (Fsp3) is 0.464. The van der Waals surface area contributed by atoms with Gasteiger partial charge in [0.25, 0.3) is 0 Å². The van der Waals surface area contributed by atoms with Crippen molar-refractivity contribution in [3.63, 3.8) is 0 Å². The van der Waals surface area contributed by atoms with Gasteiger partial charge in [-0.25, -0.2) is 0 Å². The van der Waals surface area contributed by atoms with Gasteiger partial charge in [0.05, 0.1) is 35.5 Å². The third-order valence-electron chi connectivity index (χ3n) is 6.95. The van der Waals surface area contributed by atoms with E-state index < -0.39 is 0 Å². The normalized spacial score (nSPS) is 15.5. The summed E-state index contributed by atoms with van der Waals surface area (Å²) in [4.78, 5) is 17.8. The minimum Gasteiger partial charge on any atom is -0.493 e. The van der Waals surface area contributed by atoms with Crippen LogP contribution in [0.25, 0.3) is 6.08 Å². The van der Waals surface area contributed by atoms with Crippen LogP contribution in [0.3, 0.4) is 0 Å². The van der Waals surface area contributed by atoms with Crippen molar-refractivity contribution in [2.75, 3.05) is 61.7 Å². The van der Waals surface area contributed by atoms with E-state index in [0.29, 0.717) is 30.3 Å². The Balaban J connectivity index is 0.00000380. The lowest BCUT2D eigenvalue weighted by Gasteiger charge is -2.35. The molecule has 202 valence electrons. The molecule has 1 fully saturated rings. The summed E-state index contributed by atoms with van der Waals surface area (Å²) in [6.45, 7) is 3.74. The van der Waals surface area contributed by atoms with Crippen LogP contribution in [0.2, 0.25) is 0 Å². The highest BCUT2D eigenvalue weighted by Crippen LogP contribution is 2.39. The first-order chi connectivity index (χ1) is 17.5. The van der Waals surface area contributed by atoms with Crippen molar-refractivity contribution in [1.82, 2.24) is 9.80 Å². The highest BCUT2D eigenvalue weighted by molar-refractivity contribution is 5.98. The van der Waals surface area contributed by atoms with Gasteiger partial charge in [-0.05, 0) is 54.7 Å². The molecule has 2 aliphatic rings. The molecule has 0 spiro atoms. The molecule has 0 N–H and O–H groups in total. The molecule has 2 aromatic rings. The molecule has 0 saturated carbocycles. The molecule has 0 bridgehead atoms. The number of hydrogen-bond donors (Lipinski definition) is 0. The van der Waals surface area contributed by atoms with Crippen molar-refractivity contribution in [3.05, 3.63) is 46.5 Å². The highest BCUT2D eigenvalue weighted by atomic mass is 35.5. The summed E-state index contributed by atoms with van der Waals surface area (Å²) in [6.07, 6.45) is 4.54. The molecular formula is C28H37ClN2O6. The largest absolute Gasteiger partial charge is 0.493 e. The fourth-order valence-corrected chi connectivity index (χ4v) is 5.08. The maximum absolute atomic E-state index is 13.4. The van der Waals surface area contributed by atoms with Crippen LogP contribution in [0.15, 0.2) is 29.8 Å². The number of ether oxygens (including phenoxy) is 5. The van der Waals surface area contributed by atoms with Crippen LogP contribution < -0.4 is 23.7 Å². The quantitative estimate of drug-likeness (QED) is 0.504. The zero-order valence-corrected chi connectivity index (χ0v) is 23.1. The van der Waals surface area contributed by atoms with Gasteiger partial charge in [0.15, 0.2) is 23.0 Å². The van der Waals surface area contributed by atoms with Crippen LogP contribution in [0, 0.1) is 0 Å². The zero-order valence-electron chi connectivity index (χ0n) is 22.3. The Morgan fingerprint density at radius 2 is 1.41 bits per heavy atom. The first-order valence-corrected chi connectivity index (χ1v) is 12.3. The van der Waals surface area contributed by atoms with Crippen molar-refractivity contribution in [2.45, 2.75) is 25.8 Å². The molecule has 1 saturated heterocycles. The number of nitrogens with zero attached hydrogens (tertiary/aromatic N) is 2. The van der Waals surface area contributed by atoms with E-state index in [9.17, 15) is 4.79 Å². The molecule has 9 heteroatoms. The lowest BCUT2D eigenvalue weighted by Crippen LogP contribution is -2.48. The SMILES string of the molecule is COc1cc(CN2CCN(C(=O)C3=Cc4ccc(OC)c(OC)c4CCC3)CC2)cc(OC)c1OC.Cl. The van der Waals surface area contributed by atoms with Crippen molar-refractivity contribution in [2.24, 2.45) is 0 Å². The van der Waals surface area contributed by atoms with Crippen LogP contribution in [-0.2, 0) is 17.8 Å². The molecule has 1 amide bonds. The molecule has 2 aromatic carbocycles. The fourth-order valence-electron chi connectivity index (χ4n) is 5.08. The number of benzene rings is 2. The second-order valence-corrected chi connectivity index (χ2v) is 8.99. The minimum atomic E-state index is 0. The second-order valence-electron chi connectivity index (χ2n) is 8.99. The van der Waals surface area contributed by atoms with Crippen molar-refractivity contribution in [1.29, 1.82) is 0 Å². The third-order valence-corrected chi connectivity index (χ3v) is 6.95. The molecule has 0 unspecified atom stereocenters. The maximum Gasteiger partial charge on any atom is 0.249 e. The maximum atomic E-state index is 13.4. The van der Waals surface area contributed by atoms with E-state index in [1.807, 2.05) is 35.2 Å². The number of fused-ring (bicyclic) bond motifs is 1. The van der Waals surface area contributed by atoms with Crippen LogP contribution in [0.5, 0.6) is 28.7 Å². The summed E-state index contributed by atoms with van der Waals surface area (Å²) in [5.74, 6) is 3.51. The Morgan fingerprint density at radius 3 is 1.97 bits per heavy atom. The van der Waals surface area contributed by atoms with Gasteiger partial charge >= 0.3 is 0 Å². The Kier molecular flexibility index (Phi) is 9.94. The number of hydrogen-bond acceptors (Lipinski definition) is 7. The molecular weight excluding hydrogens is 496 g/mol. The van der Waals surface area contributed by atoms with Gasteiger partial charge in [-0.2, -0.15) is 0 Å². The Hall–Kier alpha value is -3.10. The molecule has 1 aliphatic carbocycles. The van der Waals surface area contributed by atoms with Gasteiger partial charge in [0.1, 0.15) is 0 Å². The van der Waals surface area contributed by atoms with Crippen molar-refractivity contribution >= 4 is 24.4 Å². The third kappa shape index (κ3) is 6.08. The van der Waals surface area contributed by atoms with E-state index in [-0.39, 0.29) is 18.3 Å². The molecule has 1 aliphatic heterocycles. The summed E-state index contributed by atoms with van der Waals surface area (Å²) >= 11 is 0. The van der Waals surface area contributed by atoms with Crippen LogP contribution >= 0.6 is 12.4 Å². The number of methoxy groups -OCH3 is 5. The van der Waals surface area contributed by atoms with Crippen LogP contribution in [0.1, 0.15) is 29.5 Å². The predicted molar refractivity (Wildman–Crippen MR) is 146 cm³/mol. The second kappa shape index (κ2) is 12.9. The monoisotopic (exact) mass is 532 g/mol. The number of carbonyl (C=O) groups is 1. The zero-order chi connectivity index (χ0) is 25.7. The summed E-state index contributed by atoms with van der Waals surface area (Å²) in [5.41, 5.74) is 4.08.